The van der Waals surface area contributed by atoms with E-state index in [1.807, 2.05) is 0 Å². The molecule has 0 atom stereocenters. The van der Waals surface area contributed by atoms with E-state index in [4.69, 9.17) is 9.97 Å². The van der Waals surface area contributed by atoms with E-state index in [1.165, 1.54) is 54.9 Å². The molecule has 5 heteroatoms. The molecule has 3 nitrogen and oxygen atoms in total. The molecule has 2 aromatic heterocycles. The van der Waals surface area contributed by atoms with Crippen LogP contribution >= 0.6 is 0 Å². The third-order valence-electron chi connectivity index (χ3n) is 13.8. The number of pyridine rings is 2. The molecule has 6 aromatic carbocycles. The average molecular weight is 940 g/mol. The smallest absolute Gasteiger partial charge is 0.0796 e. The summed E-state index contributed by atoms with van der Waals surface area (Å²) in [6, 6.07) is 57.2. The SMILES string of the molecule is CC(C)c1cccc(C(C)C)c1-c1cc(-c2ccc([Si](C)(C)C)cn2)cc(N(c2cc(-c3ccc([Si](C)(C)C)cn3)cc(-c3c(C(C)C)cccc3C(C)C)c2)c2ccccc2-c2ccccc2)c1. The maximum absolute atomic E-state index is 5.27. The van der Waals surface area contributed by atoms with Gasteiger partial charge in [-0.2, -0.15) is 0 Å². The summed E-state index contributed by atoms with van der Waals surface area (Å²) >= 11 is 0. The van der Waals surface area contributed by atoms with Gasteiger partial charge < -0.3 is 4.90 Å². The highest BCUT2D eigenvalue weighted by atomic mass is 28.3. The molecule has 0 aliphatic rings. The van der Waals surface area contributed by atoms with Crippen LogP contribution in [-0.4, -0.2) is 26.1 Å². The summed E-state index contributed by atoms with van der Waals surface area (Å²) in [7, 11) is -3.19. The quantitative estimate of drug-likeness (QED) is 0.102. The van der Waals surface area contributed by atoms with E-state index in [0.29, 0.717) is 23.7 Å². The van der Waals surface area contributed by atoms with Gasteiger partial charge in [-0.15, -0.1) is 0 Å². The zero-order valence-electron chi connectivity index (χ0n) is 43.7. The minimum absolute atomic E-state index is 0.324. The van der Waals surface area contributed by atoms with Crippen LogP contribution in [0.5, 0.6) is 0 Å². The molecule has 8 aromatic rings. The number of hydrogen-bond acceptors (Lipinski definition) is 3. The lowest BCUT2D eigenvalue weighted by Gasteiger charge is -2.31. The molecule has 0 fully saturated rings. The van der Waals surface area contributed by atoms with Gasteiger partial charge in [0, 0.05) is 40.5 Å². The molecular formula is C64H73N3Si2. The van der Waals surface area contributed by atoms with Crippen LogP contribution in [0.1, 0.15) is 101 Å². The molecule has 0 amide bonds. The van der Waals surface area contributed by atoms with Gasteiger partial charge in [-0.3, -0.25) is 9.97 Å². The van der Waals surface area contributed by atoms with Crippen molar-refractivity contribution in [3.8, 4) is 55.9 Å². The van der Waals surface area contributed by atoms with Gasteiger partial charge in [0.2, 0.25) is 0 Å². The van der Waals surface area contributed by atoms with Crippen molar-refractivity contribution in [3.63, 3.8) is 0 Å². The fraction of sp³-hybridized carbons (Fsp3) is 0.281. The summed E-state index contributed by atoms with van der Waals surface area (Å²) in [5.41, 5.74) is 20.1. The first-order valence-electron chi connectivity index (χ1n) is 25.2. The Bertz CT molecular complexity index is 2840. The van der Waals surface area contributed by atoms with Crippen LogP contribution in [-0.2, 0) is 0 Å². The van der Waals surface area contributed by atoms with Crippen molar-refractivity contribution in [2.45, 2.75) is 118 Å². The molecule has 0 aliphatic carbocycles. The van der Waals surface area contributed by atoms with Crippen LogP contribution < -0.4 is 15.3 Å². The van der Waals surface area contributed by atoms with Crippen molar-refractivity contribution in [2.24, 2.45) is 0 Å². The van der Waals surface area contributed by atoms with Gasteiger partial charge >= 0.3 is 0 Å². The first kappa shape index (κ1) is 49.3. The summed E-state index contributed by atoms with van der Waals surface area (Å²) in [5, 5.41) is 2.71. The third kappa shape index (κ3) is 10.6. The van der Waals surface area contributed by atoms with Crippen molar-refractivity contribution >= 4 is 43.6 Å². The van der Waals surface area contributed by atoms with Crippen LogP contribution in [0, 0.1) is 0 Å². The maximum atomic E-state index is 5.27. The lowest BCUT2D eigenvalue weighted by Crippen LogP contribution is -2.37. The highest BCUT2D eigenvalue weighted by Crippen LogP contribution is 2.48. The Morgan fingerprint density at radius 2 is 0.739 bits per heavy atom. The van der Waals surface area contributed by atoms with E-state index in [-0.39, 0.29) is 0 Å². The predicted molar refractivity (Wildman–Crippen MR) is 306 cm³/mol. The number of aromatic nitrogens is 2. The summed E-state index contributed by atoms with van der Waals surface area (Å²) in [5.74, 6) is 1.30. The van der Waals surface area contributed by atoms with E-state index in [0.717, 1.165) is 50.7 Å². The second-order valence-electron chi connectivity index (χ2n) is 22.4. The highest BCUT2D eigenvalue weighted by molar-refractivity contribution is 6.89. The van der Waals surface area contributed by atoms with Gasteiger partial charge in [-0.25, -0.2) is 0 Å². The maximum Gasteiger partial charge on any atom is 0.0796 e. The molecule has 0 bridgehead atoms. The summed E-state index contributed by atoms with van der Waals surface area (Å²) in [6.45, 7) is 32.9. The van der Waals surface area contributed by atoms with E-state index in [1.54, 1.807) is 0 Å². The first-order chi connectivity index (χ1) is 32.8. The Kier molecular flexibility index (Phi) is 14.3. The number of nitrogens with zero attached hydrogens (tertiary/aromatic N) is 3. The normalized spacial score (nSPS) is 12.1. The lowest BCUT2D eigenvalue weighted by molar-refractivity contribution is 0.838. The minimum atomic E-state index is -1.59. The molecule has 0 radical (unpaired) electrons. The Labute approximate surface area is 416 Å². The summed E-state index contributed by atoms with van der Waals surface area (Å²) in [6.07, 6.45) is 4.26. The van der Waals surface area contributed by atoms with Crippen molar-refractivity contribution in [1.82, 2.24) is 9.97 Å². The monoisotopic (exact) mass is 940 g/mol. The largest absolute Gasteiger partial charge is 0.310 e. The van der Waals surface area contributed by atoms with Gasteiger partial charge in [0.15, 0.2) is 0 Å². The van der Waals surface area contributed by atoms with E-state index < -0.39 is 16.1 Å². The Hall–Kier alpha value is -6.15. The Morgan fingerprint density at radius 3 is 1.10 bits per heavy atom. The molecule has 8 rings (SSSR count). The third-order valence-corrected chi connectivity index (χ3v) is 17.8. The molecule has 2 heterocycles. The molecule has 0 saturated heterocycles. The molecule has 69 heavy (non-hydrogen) atoms. The van der Waals surface area contributed by atoms with Gasteiger partial charge in [0.1, 0.15) is 0 Å². The fourth-order valence-corrected chi connectivity index (χ4v) is 11.9. The van der Waals surface area contributed by atoms with Crippen molar-refractivity contribution in [3.05, 3.63) is 186 Å². The van der Waals surface area contributed by atoms with Gasteiger partial charge in [0.05, 0.1) is 33.2 Å². The first-order valence-corrected chi connectivity index (χ1v) is 32.2. The number of rotatable bonds is 14. The second-order valence-corrected chi connectivity index (χ2v) is 32.5. The number of hydrogen-bond donors (Lipinski definition) is 0. The van der Waals surface area contributed by atoms with Crippen LogP contribution in [0.25, 0.3) is 55.9 Å². The highest BCUT2D eigenvalue weighted by Gasteiger charge is 2.26. The average Bonchev–Trinajstić information content (AvgIpc) is 3.33. The molecule has 0 saturated carbocycles. The predicted octanol–water partition coefficient (Wildman–Crippen LogP) is 17.9. The molecule has 0 N–H and O–H groups in total. The van der Waals surface area contributed by atoms with Crippen LogP contribution in [0.4, 0.5) is 17.1 Å². The van der Waals surface area contributed by atoms with Crippen LogP contribution in [0.15, 0.2) is 164 Å². The molecule has 352 valence electrons. The van der Waals surface area contributed by atoms with Gasteiger partial charge in [-0.1, -0.05) is 192 Å². The molecule has 0 spiro atoms. The summed E-state index contributed by atoms with van der Waals surface area (Å²) < 4.78 is 0. The van der Waals surface area contributed by atoms with E-state index >= 15 is 0 Å². The zero-order chi connectivity index (χ0) is 49.4. The van der Waals surface area contributed by atoms with Gasteiger partial charge in [0.25, 0.3) is 0 Å². The Morgan fingerprint density at radius 1 is 0.362 bits per heavy atom. The summed E-state index contributed by atoms with van der Waals surface area (Å²) in [4.78, 5) is 13.1. The minimum Gasteiger partial charge on any atom is -0.310 e. The Balaban J connectivity index is 1.52. The number of benzene rings is 6. The van der Waals surface area contributed by atoms with Crippen molar-refractivity contribution in [2.75, 3.05) is 4.90 Å². The standard InChI is InChI=1S/C64H73N3Si2/c1-42(2)55-25-20-26-56(43(3)4)63(55)49-34-47(60-32-30-53(40-65-60)68(9,10)11)36-51(38-49)67(62-29-19-18-24-59(62)46-22-16-15-17-23-46)52-37-48(61-33-31-54(41-66-61)69(12,13)14)35-50(39-52)64-57(44(5)6)27-21-28-58(64)45(7)8/h15-45H,1-14H3. The fourth-order valence-electron chi connectivity index (χ4n) is 9.81. The van der Waals surface area contributed by atoms with E-state index in [9.17, 15) is 0 Å². The van der Waals surface area contributed by atoms with Crippen molar-refractivity contribution in [1.29, 1.82) is 0 Å². The lowest BCUT2D eigenvalue weighted by atomic mass is 9.84. The molecule has 0 aliphatic heterocycles. The van der Waals surface area contributed by atoms with Crippen LogP contribution in [0.2, 0.25) is 39.3 Å². The van der Waals surface area contributed by atoms with Crippen LogP contribution in [0.3, 0.4) is 0 Å². The topological polar surface area (TPSA) is 29.0 Å². The second kappa shape index (κ2) is 20.1. The van der Waals surface area contributed by atoms with Crippen molar-refractivity contribution < 1.29 is 0 Å². The van der Waals surface area contributed by atoms with E-state index in [2.05, 4.69) is 264 Å². The zero-order valence-corrected chi connectivity index (χ0v) is 45.7. The molecular weight excluding hydrogens is 867 g/mol. The van der Waals surface area contributed by atoms with Gasteiger partial charge in [-0.05, 0) is 139 Å². The number of para-hydroxylation sites is 1. The molecule has 0 unspecified atom stereocenters. The number of anilines is 3.